The average Bonchev–Trinajstić information content (AvgIpc) is 2.56. The van der Waals surface area contributed by atoms with Gasteiger partial charge >= 0.3 is 0 Å². The zero-order valence-electron chi connectivity index (χ0n) is 13.7. The standard InChI is InChI=1S/C20H24N2S/c1-16(2)22-19-12-8-7-11-18(19)13-14-23-15-20(21-3)17-9-5-4-6-10-17/h5,7-12,15,22H,1,3-4,6,13-14H2,2H3/b20-15-. The summed E-state index contributed by atoms with van der Waals surface area (Å²) < 4.78 is 0. The zero-order valence-corrected chi connectivity index (χ0v) is 14.5. The summed E-state index contributed by atoms with van der Waals surface area (Å²) in [6.45, 7) is 9.58. The first kappa shape index (κ1) is 17.4. The van der Waals surface area contributed by atoms with Gasteiger partial charge in [-0.25, -0.2) is 0 Å². The van der Waals surface area contributed by atoms with Gasteiger partial charge in [0.05, 0.1) is 5.70 Å². The Morgan fingerprint density at radius 1 is 1.35 bits per heavy atom. The van der Waals surface area contributed by atoms with Crippen LogP contribution in [0.1, 0.15) is 25.3 Å². The predicted octanol–water partition coefficient (Wildman–Crippen LogP) is 5.73. The Bertz CT molecular complexity index is 653. The number of aliphatic imine (C=N–C) groups is 1. The van der Waals surface area contributed by atoms with Gasteiger partial charge in [0, 0.05) is 17.1 Å². The first-order valence-electron chi connectivity index (χ1n) is 7.86. The van der Waals surface area contributed by atoms with Crippen LogP contribution in [0.25, 0.3) is 0 Å². The maximum atomic E-state index is 4.16. The van der Waals surface area contributed by atoms with Gasteiger partial charge in [-0.15, -0.1) is 11.8 Å². The fourth-order valence-corrected chi connectivity index (χ4v) is 3.22. The molecule has 1 aromatic carbocycles. The molecule has 3 heteroatoms. The van der Waals surface area contributed by atoms with Crippen molar-refractivity contribution in [2.24, 2.45) is 4.99 Å². The van der Waals surface area contributed by atoms with Crippen LogP contribution in [0.4, 0.5) is 5.69 Å². The summed E-state index contributed by atoms with van der Waals surface area (Å²) >= 11 is 1.78. The van der Waals surface area contributed by atoms with E-state index in [2.05, 4.69) is 65.4 Å². The summed E-state index contributed by atoms with van der Waals surface area (Å²) in [5, 5.41) is 5.43. The summed E-state index contributed by atoms with van der Waals surface area (Å²) in [6.07, 6.45) is 9.76. The molecule has 0 spiro atoms. The van der Waals surface area contributed by atoms with Crippen molar-refractivity contribution in [1.29, 1.82) is 0 Å². The summed E-state index contributed by atoms with van der Waals surface area (Å²) in [7, 11) is 0. The second-order valence-electron chi connectivity index (χ2n) is 5.48. The molecule has 1 aromatic rings. The fraction of sp³-hybridized carbons (Fsp3) is 0.250. The largest absolute Gasteiger partial charge is 0.359 e. The van der Waals surface area contributed by atoms with E-state index in [1.165, 1.54) is 11.1 Å². The van der Waals surface area contributed by atoms with Crippen molar-refractivity contribution < 1.29 is 0 Å². The number of anilines is 1. The van der Waals surface area contributed by atoms with E-state index in [0.29, 0.717) is 0 Å². The minimum Gasteiger partial charge on any atom is -0.359 e. The number of benzene rings is 1. The van der Waals surface area contributed by atoms with Crippen LogP contribution in [0.3, 0.4) is 0 Å². The van der Waals surface area contributed by atoms with Gasteiger partial charge < -0.3 is 5.32 Å². The predicted molar refractivity (Wildman–Crippen MR) is 105 cm³/mol. The highest BCUT2D eigenvalue weighted by Crippen LogP contribution is 2.23. The Labute approximate surface area is 143 Å². The van der Waals surface area contributed by atoms with Gasteiger partial charge in [-0.1, -0.05) is 43.0 Å². The normalized spacial score (nSPS) is 14.3. The van der Waals surface area contributed by atoms with Crippen molar-refractivity contribution in [3.05, 3.63) is 77.0 Å². The molecule has 0 bridgehead atoms. The van der Waals surface area contributed by atoms with Gasteiger partial charge in [0.2, 0.25) is 0 Å². The third-order valence-corrected chi connectivity index (χ3v) is 4.34. The molecular weight excluding hydrogens is 300 g/mol. The fourth-order valence-electron chi connectivity index (χ4n) is 2.40. The Morgan fingerprint density at radius 2 is 2.17 bits per heavy atom. The van der Waals surface area contributed by atoms with Crippen molar-refractivity contribution in [3.8, 4) is 0 Å². The van der Waals surface area contributed by atoms with Gasteiger partial charge in [-0.2, -0.15) is 0 Å². The number of hydrogen-bond donors (Lipinski definition) is 1. The van der Waals surface area contributed by atoms with Crippen LogP contribution < -0.4 is 5.32 Å². The molecule has 1 aliphatic carbocycles. The molecule has 0 amide bonds. The van der Waals surface area contributed by atoms with Crippen LogP contribution in [0.2, 0.25) is 0 Å². The van der Waals surface area contributed by atoms with E-state index in [0.717, 1.165) is 42.1 Å². The molecule has 0 atom stereocenters. The lowest BCUT2D eigenvalue weighted by atomic mass is 10.1. The number of thioether (sulfide) groups is 1. The lowest BCUT2D eigenvalue weighted by Gasteiger charge is -2.11. The summed E-state index contributed by atoms with van der Waals surface area (Å²) in [4.78, 5) is 4.16. The van der Waals surface area contributed by atoms with Gasteiger partial charge in [-0.05, 0) is 55.5 Å². The topological polar surface area (TPSA) is 24.4 Å². The highest BCUT2D eigenvalue weighted by molar-refractivity contribution is 8.02. The number of nitrogens with zero attached hydrogens (tertiary/aromatic N) is 1. The van der Waals surface area contributed by atoms with Crippen LogP contribution in [-0.2, 0) is 6.42 Å². The molecule has 2 rings (SSSR count). The van der Waals surface area contributed by atoms with E-state index in [-0.39, 0.29) is 0 Å². The molecule has 1 N–H and O–H groups in total. The molecule has 0 aliphatic heterocycles. The number of aryl methyl sites for hydroxylation is 1. The molecule has 2 nitrogen and oxygen atoms in total. The van der Waals surface area contributed by atoms with Gasteiger partial charge in [0.15, 0.2) is 0 Å². The monoisotopic (exact) mass is 324 g/mol. The van der Waals surface area contributed by atoms with Crippen molar-refractivity contribution in [2.75, 3.05) is 11.1 Å². The number of para-hydroxylation sites is 1. The highest BCUT2D eigenvalue weighted by atomic mass is 32.2. The van der Waals surface area contributed by atoms with Gasteiger partial charge in [0.1, 0.15) is 0 Å². The molecular formula is C20H24N2S. The second-order valence-corrected chi connectivity index (χ2v) is 6.46. The lowest BCUT2D eigenvalue weighted by Crippen LogP contribution is -1.99. The molecule has 0 unspecified atom stereocenters. The van der Waals surface area contributed by atoms with Crippen LogP contribution >= 0.6 is 11.8 Å². The zero-order chi connectivity index (χ0) is 16.5. The van der Waals surface area contributed by atoms with Crippen LogP contribution in [-0.4, -0.2) is 12.5 Å². The molecule has 0 aromatic heterocycles. The third kappa shape index (κ3) is 5.61. The number of rotatable bonds is 8. The minimum absolute atomic E-state index is 0.958. The van der Waals surface area contributed by atoms with Crippen LogP contribution in [0.15, 0.2) is 76.4 Å². The maximum Gasteiger partial charge on any atom is 0.0754 e. The molecule has 23 heavy (non-hydrogen) atoms. The first-order chi connectivity index (χ1) is 11.2. The van der Waals surface area contributed by atoms with E-state index in [1.54, 1.807) is 11.8 Å². The third-order valence-electron chi connectivity index (χ3n) is 3.51. The number of nitrogens with one attached hydrogen (secondary N) is 1. The summed E-state index contributed by atoms with van der Waals surface area (Å²) in [5.74, 6) is 1.00. The van der Waals surface area contributed by atoms with Gasteiger partial charge in [-0.3, -0.25) is 4.99 Å². The van der Waals surface area contributed by atoms with Crippen LogP contribution in [0, 0.1) is 0 Å². The lowest BCUT2D eigenvalue weighted by molar-refractivity contribution is 1.02. The van der Waals surface area contributed by atoms with E-state index in [4.69, 9.17) is 0 Å². The molecule has 1 aliphatic rings. The number of hydrogen-bond acceptors (Lipinski definition) is 3. The van der Waals surface area contributed by atoms with Crippen molar-refractivity contribution in [1.82, 2.24) is 0 Å². The Kier molecular flexibility index (Phi) is 6.95. The average molecular weight is 324 g/mol. The van der Waals surface area contributed by atoms with Crippen molar-refractivity contribution in [2.45, 2.75) is 26.2 Å². The Morgan fingerprint density at radius 3 is 2.87 bits per heavy atom. The smallest absolute Gasteiger partial charge is 0.0754 e. The molecule has 0 heterocycles. The van der Waals surface area contributed by atoms with Crippen molar-refractivity contribution in [3.63, 3.8) is 0 Å². The molecule has 0 fully saturated rings. The molecule has 0 radical (unpaired) electrons. The highest BCUT2D eigenvalue weighted by Gasteiger charge is 2.04. The SMILES string of the molecule is C=N/C(=C\SCCc1ccccc1NC(=C)C)C1=CCCC=C1. The Balaban J connectivity index is 1.93. The molecule has 0 saturated heterocycles. The maximum absolute atomic E-state index is 4.16. The quantitative estimate of drug-likeness (QED) is 0.488. The van der Waals surface area contributed by atoms with Crippen molar-refractivity contribution >= 4 is 24.2 Å². The van der Waals surface area contributed by atoms with E-state index < -0.39 is 0 Å². The van der Waals surface area contributed by atoms with Crippen LogP contribution in [0.5, 0.6) is 0 Å². The summed E-state index contributed by atoms with van der Waals surface area (Å²) in [6, 6.07) is 8.38. The van der Waals surface area contributed by atoms with E-state index >= 15 is 0 Å². The molecule has 0 saturated carbocycles. The first-order valence-corrected chi connectivity index (χ1v) is 8.91. The Hall–Kier alpha value is -2.00. The molecule has 120 valence electrons. The van der Waals surface area contributed by atoms with Gasteiger partial charge in [0.25, 0.3) is 0 Å². The van der Waals surface area contributed by atoms with E-state index in [1.807, 2.05) is 13.0 Å². The second kappa shape index (κ2) is 9.21. The summed E-state index contributed by atoms with van der Waals surface area (Å²) in [5.41, 5.74) is 5.56. The van der Waals surface area contributed by atoms with E-state index in [9.17, 15) is 0 Å². The number of allylic oxidation sites excluding steroid dienone is 4. The minimum atomic E-state index is 0.958.